The van der Waals surface area contributed by atoms with E-state index in [4.69, 9.17) is 5.73 Å². The lowest BCUT2D eigenvalue weighted by molar-refractivity contribution is -0.132. The molecule has 2 N–H and O–H groups in total. The SMILES string of the molecule is C=CCN(C(=O)[C@@H](N)Cc1ccccc1)C1CC1. The molecule has 0 spiro atoms. The molecule has 2 rings (SSSR count). The van der Waals surface area contributed by atoms with Crippen LogP contribution in [0.15, 0.2) is 43.0 Å². The Labute approximate surface area is 108 Å². The molecule has 1 fully saturated rings. The fraction of sp³-hybridized carbons (Fsp3) is 0.400. The van der Waals surface area contributed by atoms with Gasteiger partial charge in [0.15, 0.2) is 0 Å². The third kappa shape index (κ3) is 3.20. The summed E-state index contributed by atoms with van der Waals surface area (Å²) in [5.74, 6) is 0.0428. The third-order valence-corrected chi connectivity index (χ3v) is 3.21. The van der Waals surface area contributed by atoms with Crippen molar-refractivity contribution in [3.8, 4) is 0 Å². The zero-order valence-corrected chi connectivity index (χ0v) is 10.6. The van der Waals surface area contributed by atoms with Gasteiger partial charge in [0, 0.05) is 12.6 Å². The molecule has 96 valence electrons. The van der Waals surface area contributed by atoms with Crippen LogP contribution in [0.5, 0.6) is 0 Å². The number of hydrogen-bond donors (Lipinski definition) is 1. The van der Waals surface area contributed by atoms with Crippen molar-refractivity contribution < 1.29 is 4.79 Å². The second-order valence-corrected chi connectivity index (χ2v) is 4.81. The quantitative estimate of drug-likeness (QED) is 0.775. The molecule has 1 aromatic carbocycles. The Morgan fingerprint density at radius 3 is 2.67 bits per heavy atom. The monoisotopic (exact) mass is 244 g/mol. The van der Waals surface area contributed by atoms with Gasteiger partial charge in [-0.25, -0.2) is 0 Å². The molecule has 0 aromatic heterocycles. The van der Waals surface area contributed by atoms with Crippen molar-refractivity contribution in [1.82, 2.24) is 4.90 Å². The fourth-order valence-electron chi connectivity index (χ4n) is 2.11. The van der Waals surface area contributed by atoms with Gasteiger partial charge in [-0.05, 0) is 24.8 Å². The van der Waals surface area contributed by atoms with Gasteiger partial charge in [0.2, 0.25) is 5.91 Å². The van der Waals surface area contributed by atoms with Crippen molar-refractivity contribution in [3.63, 3.8) is 0 Å². The predicted molar refractivity (Wildman–Crippen MR) is 73.1 cm³/mol. The van der Waals surface area contributed by atoms with E-state index in [9.17, 15) is 4.79 Å². The third-order valence-electron chi connectivity index (χ3n) is 3.21. The Kier molecular flexibility index (Phi) is 4.15. The van der Waals surface area contributed by atoms with E-state index in [-0.39, 0.29) is 5.91 Å². The van der Waals surface area contributed by atoms with Gasteiger partial charge >= 0.3 is 0 Å². The molecule has 0 unspecified atom stereocenters. The summed E-state index contributed by atoms with van der Waals surface area (Å²) in [5.41, 5.74) is 7.12. The first-order chi connectivity index (χ1) is 8.72. The number of carbonyl (C=O) groups is 1. The molecule has 0 saturated heterocycles. The van der Waals surface area contributed by atoms with Gasteiger partial charge in [-0.2, -0.15) is 0 Å². The number of amides is 1. The summed E-state index contributed by atoms with van der Waals surface area (Å²) in [4.78, 5) is 14.1. The van der Waals surface area contributed by atoms with Crippen LogP contribution in [-0.2, 0) is 11.2 Å². The van der Waals surface area contributed by atoms with Crippen molar-refractivity contribution in [2.45, 2.75) is 31.3 Å². The topological polar surface area (TPSA) is 46.3 Å². The fourth-order valence-corrected chi connectivity index (χ4v) is 2.11. The summed E-state index contributed by atoms with van der Waals surface area (Å²) >= 11 is 0. The lowest BCUT2D eigenvalue weighted by Crippen LogP contribution is -2.46. The van der Waals surface area contributed by atoms with Crippen LogP contribution in [0.25, 0.3) is 0 Å². The van der Waals surface area contributed by atoms with Gasteiger partial charge in [-0.1, -0.05) is 36.4 Å². The molecule has 1 aromatic rings. The maximum absolute atomic E-state index is 12.3. The molecule has 0 radical (unpaired) electrons. The Bertz CT molecular complexity index is 412. The molecular formula is C15H20N2O. The molecule has 1 aliphatic carbocycles. The van der Waals surface area contributed by atoms with Crippen molar-refractivity contribution in [3.05, 3.63) is 48.6 Å². The zero-order valence-electron chi connectivity index (χ0n) is 10.6. The first-order valence-electron chi connectivity index (χ1n) is 6.43. The molecule has 1 aliphatic rings. The van der Waals surface area contributed by atoms with Crippen molar-refractivity contribution >= 4 is 5.91 Å². The van der Waals surface area contributed by atoms with Gasteiger partial charge in [-0.15, -0.1) is 6.58 Å². The van der Waals surface area contributed by atoms with Gasteiger partial charge in [-0.3, -0.25) is 4.79 Å². The molecule has 1 saturated carbocycles. The van der Waals surface area contributed by atoms with E-state index >= 15 is 0 Å². The molecule has 3 nitrogen and oxygen atoms in total. The summed E-state index contributed by atoms with van der Waals surface area (Å²) in [6, 6.07) is 9.84. The largest absolute Gasteiger partial charge is 0.335 e. The van der Waals surface area contributed by atoms with E-state index in [1.165, 1.54) is 0 Å². The zero-order chi connectivity index (χ0) is 13.0. The number of nitrogens with zero attached hydrogens (tertiary/aromatic N) is 1. The van der Waals surface area contributed by atoms with Crippen LogP contribution in [0.4, 0.5) is 0 Å². The first-order valence-corrected chi connectivity index (χ1v) is 6.43. The van der Waals surface area contributed by atoms with Crippen molar-refractivity contribution in [2.24, 2.45) is 5.73 Å². The molecule has 0 heterocycles. The maximum Gasteiger partial charge on any atom is 0.240 e. The smallest absolute Gasteiger partial charge is 0.240 e. The average molecular weight is 244 g/mol. The van der Waals surface area contributed by atoms with E-state index in [2.05, 4.69) is 6.58 Å². The highest BCUT2D eigenvalue weighted by Crippen LogP contribution is 2.27. The lowest BCUT2D eigenvalue weighted by atomic mass is 10.1. The van der Waals surface area contributed by atoms with Crippen LogP contribution >= 0.6 is 0 Å². The van der Waals surface area contributed by atoms with Gasteiger partial charge < -0.3 is 10.6 Å². The Hall–Kier alpha value is -1.61. The number of rotatable bonds is 6. The van der Waals surface area contributed by atoms with Crippen molar-refractivity contribution in [1.29, 1.82) is 0 Å². The highest BCUT2D eigenvalue weighted by atomic mass is 16.2. The molecule has 1 amide bonds. The summed E-state index contributed by atoms with van der Waals surface area (Å²) in [7, 11) is 0. The van der Waals surface area contributed by atoms with Crippen LogP contribution in [0.2, 0.25) is 0 Å². The highest BCUT2D eigenvalue weighted by Gasteiger charge is 2.33. The summed E-state index contributed by atoms with van der Waals surface area (Å²) in [5, 5.41) is 0. The van der Waals surface area contributed by atoms with E-state index in [0.717, 1.165) is 18.4 Å². The number of benzene rings is 1. The molecule has 0 bridgehead atoms. The minimum absolute atomic E-state index is 0.0428. The lowest BCUT2D eigenvalue weighted by Gasteiger charge is -2.24. The van der Waals surface area contributed by atoms with Crippen LogP contribution in [0.1, 0.15) is 18.4 Å². The van der Waals surface area contributed by atoms with E-state index in [0.29, 0.717) is 19.0 Å². The van der Waals surface area contributed by atoms with Crippen molar-refractivity contribution in [2.75, 3.05) is 6.54 Å². The van der Waals surface area contributed by atoms with Crippen LogP contribution in [0, 0.1) is 0 Å². The van der Waals surface area contributed by atoms with Crippen LogP contribution in [0.3, 0.4) is 0 Å². The average Bonchev–Trinajstić information content (AvgIpc) is 3.20. The second kappa shape index (κ2) is 5.83. The summed E-state index contributed by atoms with van der Waals surface area (Å²) in [6.07, 6.45) is 4.56. The van der Waals surface area contributed by atoms with Crippen LogP contribution in [-0.4, -0.2) is 29.4 Å². The summed E-state index contributed by atoms with van der Waals surface area (Å²) in [6.45, 7) is 4.30. The minimum Gasteiger partial charge on any atom is -0.335 e. The van der Waals surface area contributed by atoms with E-state index < -0.39 is 6.04 Å². The predicted octanol–water partition coefficient (Wildman–Crippen LogP) is 1.73. The van der Waals surface area contributed by atoms with Crippen LogP contribution < -0.4 is 5.73 Å². The normalized spacial score (nSPS) is 16.1. The summed E-state index contributed by atoms with van der Waals surface area (Å²) < 4.78 is 0. The molecule has 3 heteroatoms. The first kappa shape index (κ1) is 12.8. The molecule has 1 atom stereocenters. The second-order valence-electron chi connectivity index (χ2n) is 4.81. The van der Waals surface area contributed by atoms with Gasteiger partial charge in [0.05, 0.1) is 6.04 Å². The van der Waals surface area contributed by atoms with Gasteiger partial charge in [0.1, 0.15) is 0 Å². The molecular weight excluding hydrogens is 224 g/mol. The molecule has 18 heavy (non-hydrogen) atoms. The van der Waals surface area contributed by atoms with E-state index in [1.807, 2.05) is 35.2 Å². The number of nitrogens with two attached hydrogens (primary N) is 1. The number of carbonyl (C=O) groups excluding carboxylic acids is 1. The highest BCUT2D eigenvalue weighted by molar-refractivity contribution is 5.82. The minimum atomic E-state index is -0.451. The Morgan fingerprint density at radius 2 is 2.11 bits per heavy atom. The standard InChI is InChI=1S/C15H20N2O/c1-2-10-17(13-8-9-13)15(18)14(16)11-12-6-4-3-5-7-12/h2-7,13-14H,1,8-11,16H2/t14-/m0/s1. The Morgan fingerprint density at radius 1 is 1.44 bits per heavy atom. The van der Waals surface area contributed by atoms with Gasteiger partial charge in [0.25, 0.3) is 0 Å². The van der Waals surface area contributed by atoms with E-state index in [1.54, 1.807) is 6.08 Å². The number of hydrogen-bond acceptors (Lipinski definition) is 2. The Balaban J connectivity index is 1.96. The maximum atomic E-state index is 12.3. The molecule has 0 aliphatic heterocycles.